The van der Waals surface area contributed by atoms with Gasteiger partial charge < -0.3 is 23.7 Å². The zero-order chi connectivity index (χ0) is 20.2. The fourth-order valence-electron chi connectivity index (χ4n) is 2.00. The van der Waals surface area contributed by atoms with E-state index in [1.807, 2.05) is 37.3 Å². The van der Waals surface area contributed by atoms with E-state index >= 15 is 0 Å². The van der Waals surface area contributed by atoms with Gasteiger partial charge in [-0.1, -0.05) is 30.3 Å². The Morgan fingerprint density at radius 1 is 1.00 bits per heavy atom. The molecule has 0 aliphatic carbocycles. The molecule has 0 saturated heterocycles. The molecule has 0 saturated carbocycles. The van der Waals surface area contributed by atoms with Crippen molar-refractivity contribution >= 4 is 22.2 Å². The molecule has 27 heavy (non-hydrogen) atoms. The molecule has 148 valence electrons. The maximum absolute atomic E-state index is 11.1. The number of aldehydes is 1. The molecule has 7 heteroatoms. The van der Waals surface area contributed by atoms with E-state index in [4.69, 9.17) is 14.2 Å². The fraction of sp³-hybridized carbons (Fsp3) is 0.350. The second kappa shape index (κ2) is 12.3. The van der Waals surface area contributed by atoms with Gasteiger partial charge in [-0.05, 0) is 34.5 Å². The fourth-order valence-corrected chi connectivity index (χ4v) is 2.54. The van der Waals surface area contributed by atoms with E-state index in [0.717, 1.165) is 11.8 Å². The Morgan fingerprint density at radius 2 is 1.63 bits per heavy atom. The number of benzene rings is 2. The van der Waals surface area contributed by atoms with Crippen LogP contribution in [0.25, 0.3) is 0 Å². The molecule has 6 nitrogen and oxygen atoms in total. The molecule has 0 atom stereocenters. The molecule has 2 aromatic carbocycles. The molecular weight excluding hydrogens is 416 g/mol. The Balaban J connectivity index is 0.000000527. The molecule has 2 rings (SSSR count). The van der Waals surface area contributed by atoms with Gasteiger partial charge in [0.25, 0.3) is 0 Å². The number of hydrogen-bond acceptors (Lipinski definition) is 6. The summed E-state index contributed by atoms with van der Waals surface area (Å²) in [4.78, 5) is 11.1. The molecule has 2 aromatic rings. The summed E-state index contributed by atoms with van der Waals surface area (Å²) in [5.74, 6) is 1.35. The van der Waals surface area contributed by atoms with Crippen molar-refractivity contribution in [3.63, 3.8) is 0 Å². The van der Waals surface area contributed by atoms with Crippen molar-refractivity contribution < 1.29 is 28.5 Å². The highest BCUT2D eigenvalue weighted by Gasteiger charge is 2.19. The summed E-state index contributed by atoms with van der Waals surface area (Å²) in [5, 5.41) is 0. The van der Waals surface area contributed by atoms with Gasteiger partial charge >= 0.3 is 0 Å². The summed E-state index contributed by atoms with van der Waals surface area (Å²) >= 11 is 3.35. The molecule has 0 aliphatic heterocycles. The molecule has 0 unspecified atom stereocenters. The van der Waals surface area contributed by atoms with E-state index < -0.39 is 0 Å². The number of ether oxygens (including phenoxy) is 5. The van der Waals surface area contributed by atoms with Crippen LogP contribution in [0.5, 0.6) is 17.2 Å². The van der Waals surface area contributed by atoms with Crippen LogP contribution >= 0.6 is 15.9 Å². The van der Waals surface area contributed by atoms with Crippen LogP contribution in [0.2, 0.25) is 0 Å². The maximum Gasteiger partial charge on any atom is 0.205 e. The lowest BCUT2D eigenvalue weighted by atomic mass is 10.2. The number of methoxy groups -OCH3 is 4. The Labute approximate surface area is 168 Å². The van der Waals surface area contributed by atoms with Crippen LogP contribution in [0.3, 0.4) is 0 Å². The average molecular weight is 441 g/mol. The second-order valence-electron chi connectivity index (χ2n) is 5.28. The predicted molar refractivity (Wildman–Crippen MR) is 107 cm³/mol. The highest BCUT2D eigenvalue weighted by Crippen LogP contribution is 2.44. The molecule has 0 amide bonds. The van der Waals surface area contributed by atoms with Crippen LogP contribution in [0.4, 0.5) is 0 Å². The third-order valence-electron chi connectivity index (χ3n) is 3.61. The normalized spacial score (nSPS) is 10.0. The molecule has 0 heterocycles. The van der Waals surface area contributed by atoms with Gasteiger partial charge in [-0.2, -0.15) is 0 Å². The van der Waals surface area contributed by atoms with Crippen molar-refractivity contribution in [1.29, 1.82) is 0 Å². The monoisotopic (exact) mass is 440 g/mol. The summed E-state index contributed by atoms with van der Waals surface area (Å²) in [5.41, 5.74) is 1.47. The van der Waals surface area contributed by atoms with E-state index in [1.54, 1.807) is 20.3 Å². The minimum absolute atomic E-state index is 0.0648. The third kappa shape index (κ3) is 6.86. The van der Waals surface area contributed by atoms with Gasteiger partial charge in [-0.3, -0.25) is 4.79 Å². The van der Waals surface area contributed by atoms with Crippen molar-refractivity contribution in [2.24, 2.45) is 0 Å². The van der Waals surface area contributed by atoms with Crippen LogP contribution in [0.1, 0.15) is 22.8 Å². The molecule has 0 aliphatic rings. The molecule has 0 spiro atoms. The summed E-state index contributed by atoms with van der Waals surface area (Å²) in [6.45, 7) is 2.21. The zero-order valence-corrected chi connectivity index (χ0v) is 17.7. The highest BCUT2D eigenvalue weighted by molar-refractivity contribution is 9.10. The van der Waals surface area contributed by atoms with Crippen molar-refractivity contribution in [2.45, 2.75) is 19.8 Å². The van der Waals surface area contributed by atoms with Gasteiger partial charge in [0, 0.05) is 19.8 Å². The van der Waals surface area contributed by atoms with E-state index in [0.29, 0.717) is 33.9 Å². The lowest BCUT2D eigenvalue weighted by molar-refractivity contribution is -0.0877. The van der Waals surface area contributed by atoms with E-state index in [1.165, 1.54) is 14.2 Å². The van der Waals surface area contributed by atoms with Crippen LogP contribution in [0.15, 0.2) is 40.9 Å². The minimum Gasteiger partial charge on any atom is -0.493 e. The van der Waals surface area contributed by atoms with Crippen LogP contribution in [0, 0.1) is 0 Å². The largest absolute Gasteiger partial charge is 0.493 e. The molecule has 0 radical (unpaired) electrons. The molecular formula is C20H25BrO6. The number of hydrogen-bond donors (Lipinski definition) is 0. The van der Waals surface area contributed by atoms with Crippen LogP contribution in [-0.2, 0) is 16.1 Å². The number of carbonyl (C=O) groups excluding carboxylic acids is 1. The van der Waals surface area contributed by atoms with Gasteiger partial charge in [-0.25, -0.2) is 0 Å². The molecule has 0 bridgehead atoms. The average Bonchev–Trinajstić information content (AvgIpc) is 2.72. The summed E-state index contributed by atoms with van der Waals surface area (Å²) < 4.78 is 26.3. The van der Waals surface area contributed by atoms with E-state index in [9.17, 15) is 4.79 Å². The van der Waals surface area contributed by atoms with Gasteiger partial charge in [0.2, 0.25) is 5.75 Å². The SMILES string of the molecule is COC(C)OC.COc1cc(C=O)c(Br)c(OC)c1OCc1ccccc1. The van der Waals surface area contributed by atoms with Crippen molar-refractivity contribution in [3.05, 3.63) is 52.0 Å². The Kier molecular flexibility index (Phi) is 10.5. The number of rotatable bonds is 8. The molecule has 0 aromatic heterocycles. The standard InChI is InChI=1S/C16H15BrO4.C4H10O2/c1-19-13-8-12(9-18)14(17)16(20-2)15(13)21-10-11-6-4-3-5-7-11;1-4(5-2)6-3/h3-9H,10H2,1-2H3;4H,1-3H3. The first-order valence-corrected chi connectivity index (χ1v) is 8.93. The van der Waals surface area contributed by atoms with E-state index in [-0.39, 0.29) is 6.29 Å². The Hall–Kier alpha value is -2.09. The van der Waals surface area contributed by atoms with E-state index in [2.05, 4.69) is 25.4 Å². The van der Waals surface area contributed by atoms with Gasteiger partial charge in [0.05, 0.1) is 18.7 Å². The first-order valence-electron chi connectivity index (χ1n) is 8.14. The third-order valence-corrected chi connectivity index (χ3v) is 4.43. The van der Waals surface area contributed by atoms with Gasteiger partial charge in [0.1, 0.15) is 6.61 Å². The smallest absolute Gasteiger partial charge is 0.205 e. The summed E-state index contributed by atoms with van der Waals surface area (Å²) in [6, 6.07) is 11.4. The highest BCUT2D eigenvalue weighted by atomic mass is 79.9. The lowest BCUT2D eigenvalue weighted by Crippen LogP contribution is -2.05. The van der Waals surface area contributed by atoms with Gasteiger partial charge in [-0.15, -0.1) is 0 Å². The zero-order valence-electron chi connectivity index (χ0n) is 16.2. The Morgan fingerprint density at radius 3 is 2.07 bits per heavy atom. The van der Waals surface area contributed by atoms with Crippen molar-refractivity contribution in [3.8, 4) is 17.2 Å². The summed E-state index contributed by atoms with van der Waals surface area (Å²) in [7, 11) is 6.25. The second-order valence-corrected chi connectivity index (χ2v) is 6.07. The Bertz CT molecular complexity index is 701. The first-order chi connectivity index (χ1) is 13.0. The molecule has 0 N–H and O–H groups in total. The number of halogens is 1. The van der Waals surface area contributed by atoms with Crippen LogP contribution in [-0.4, -0.2) is 41.0 Å². The first kappa shape index (κ1) is 23.0. The van der Waals surface area contributed by atoms with Crippen LogP contribution < -0.4 is 14.2 Å². The van der Waals surface area contributed by atoms with Crippen molar-refractivity contribution in [1.82, 2.24) is 0 Å². The number of carbonyl (C=O) groups is 1. The quantitative estimate of drug-likeness (QED) is 0.445. The van der Waals surface area contributed by atoms with Gasteiger partial charge in [0.15, 0.2) is 24.1 Å². The minimum atomic E-state index is -0.0648. The topological polar surface area (TPSA) is 63.2 Å². The van der Waals surface area contributed by atoms with Crippen molar-refractivity contribution in [2.75, 3.05) is 28.4 Å². The lowest BCUT2D eigenvalue weighted by Gasteiger charge is -2.16. The predicted octanol–water partition coefficient (Wildman–Crippen LogP) is 4.48. The maximum atomic E-state index is 11.1. The molecule has 0 fully saturated rings. The summed E-state index contributed by atoms with van der Waals surface area (Å²) in [6.07, 6.45) is 0.667.